The molecular formula is C18H24O6. The number of carboxylic acid groups (broad SMARTS) is 1. The van der Waals surface area contributed by atoms with Crippen LogP contribution in [0.1, 0.15) is 38.7 Å². The minimum absolute atomic E-state index is 0.0926. The molecule has 1 aromatic rings. The van der Waals surface area contributed by atoms with Crippen LogP contribution in [0.3, 0.4) is 0 Å². The second-order valence-corrected chi connectivity index (χ2v) is 6.39. The van der Waals surface area contributed by atoms with Crippen LogP contribution in [0.4, 0.5) is 0 Å². The summed E-state index contributed by atoms with van der Waals surface area (Å²) in [6, 6.07) is 9.52. The second-order valence-electron chi connectivity index (χ2n) is 6.39. The Balaban J connectivity index is 2.27. The maximum Gasteiger partial charge on any atom is 0.310 e. The molecule has 0 saturated carbocycles. The fourth-order valence-electron chi connectivity index (χ4n) is 3.06. The van der Waals surface area contributed by atoms with E-state index >= 15 is 0 Å². The first-order chi connectivity index (χ1) is 11.3. The fourth-order valence-corrected chi connectivity index (χ4v) is 3.06. The van der Waals surface area contributed by atoms with Crippen molar-refractivity contribution in [3.63, 3.8) is 0 Å². The van der Waals surface area contributed by atoms with E-state index in [1.165, 1.54) is 0 Å². The summed E-state index contributed by atoms with van der Waals surface area (Å²) < 4.78 is 17.5. The number of benzene rings is 1. The van der Waals surface area contributed by atoms with E-state index in [0.29, 0.717) is 13.0 Å². The minimum atomic E-state index is -1.12. The van der Waals surface area contributed by atoms with E-state index in [-0.39, 0.29) is 12.2 Å². The van der Waals surface area contributed by atoms with Gasteiger partial charge in [-0.25, -0.2) is 0 Å². The lowest BCUT2D eigenvalue weighted by molar-refractivity contribution is -0.182. The largest absolute Gasteiger partial charge is 0.481 e. The van der Waals surface area contributed by atoms with E-state index in [1.54, 1.807) is 7.11 Å². The van der Waals surface area contributed by atoms with Crippen molar-refractivity contribution in [2.75, 3.05) is 13.7 Å². The van der Waals surface area contributed by atoms with E-state index in [4.69, 9.17) is 19.3 Å². The smallest absolute Gasteiger partial charge is 0.310 e. The van der Waals surface area contributed by atoms with Crippen molar-refractivity contribution < 1.29 is 28.9 Å². The maximum absolute atomic E-state index is 11.9. The number of rotatable bonds is 8. The summed E-state index contributed by atoms with van der Waals surface area (Å²) in [5.41, 5.74) is 0.00495. The molecule has 1 fully saturated rings. The summed E-state index contributed by atoms with van der Waals surface area (Å²) in [6.07, 6.45) is -0.459. The molecule has 0 aliphatic carbocycles. The van der Waals surface area contributed by atoms with Gasteiger partial charge in [-0.05, 0) is 25.8 Å². The van der Waals surface area contributed by atoms with Gasteiger partial charge in [-0.15, -0.1) is 0 Å². The zero-order valence-electron chi connectivity index (χ0n) is 14.3. The molecule has 0 bridgehead atoms. The molecule has 0 radical (unpaired) electrons. The average Bonchev–Trinajstić information content (AvgIpc) is 2.89. The van der Waals surface area contributed by atoms with Crippen molar-refractivity contribution in [1.82, 2.24) is 0 Å². The van der Waals surface area contributed by atoms with Gasteiger partial charge in [-0.2, -0.15) is 0 Å². The molecule has 1 saturated heterocycles. The molecule has 24 heavy (non-hydrogen) atoms. The Kier molecular flexibility index (Phi) is 5.74. The van der Waals surface area contributed by atoms with Gasteiger partial charge in [-0.1, -0.05) is 30.3 Å². The molecule has 1 N–H and O–H groups in total. The average molecular weight is 336 g/mol. The number of methoxy groups -OCH3 is 1. The van der Waals surface area contributed by atoms with Gasteiger partial charge in [0.25, 0.3) is 0 Å². The first-order valence-electron chi connectivity index (χ1n) is 7.95. The summed E-state index contributed by atoms with van der Waals surface area (Å²) in [4.78, 5) is 22.6. The first kappa shape index (κ1) is 18.6. The normalized spacial score (nSPS) is 22.0. The molecule has 6 heteroatoms. The molecule has 0 amide bonds. The monoisotopic (exact) mass is 336 g/mol. The number of Topliss-reactive ketones (excluding diaryl/α,β-unsaturated/α-hetero) is 1. The van der Waals surface area contributed by atoms with Crippen LogP contribution in [0.2, 0.25) is 0 Å². The number of ether oxygens (including phenoxy) is 3. The number of carboxylic acids is 1. The third-order valence-electron chi connectivity index (χ3n) is 4.28. The number of aliphatic carboxylic acids is 1. The molecular weight excluding hydrogens is 312 g/mol. The Morgan fingerprint density at radius 1 is 1.33 bits per heavy atom. The predicted octanol–water partition coefficient (Wildman–Crippen LogP) is 2.50. The van der Waals surface area contributed by atoms with Crippen LogP contribution < -0.4 is 0 Å². The number of hydrogen-bond donors (Lipinski definition) is 1. The summed E-state index contributed by atoms with van der Waals surface area (Å²) in [5, 5.41) is 8.77. The van der Waals surface area contributed by atoms with Crippen LogP contribution in [0.5, 0.6) is 0 Å². The minimum Gasteiger partial charge on any atom is -0.481 e. The summed E-state index contributed by atoms with van der Waals surface area (Å²) in [7, 11) is 1.57. The number of carbonyl (C=O) groups excluding carboxylic acids is 1. The van der Waals surface area contributed by atoms with Crippen molar-refractivity contribution in [3.05, 3.63) is 35.9 Å². The Morgan fingerprint density at radius 3 is 2.50 bits per heavy atom. The van der Waals surface area contributed by atoms with Crippen LogP contribution >= 0.6 is 0 Å². The fraction of sp³-hybridized carbons (Fsp3) is 0.556. The lowest BCUT2D eigenvalue weighted by Crippen LogP contribution is -2.44. The first-order valence-corrected chi connectivity index (χ1v) is 7.95. The van der Waals surface area contributed by atoms with Crippen molar-refractivity contribution in [3.8, 4) is 0 Å². The van der Waals surface area contributed by atoms with Gasteiger partial charge in [0.15, 0.2) is 5.79 Å². The summed E-state index contributed by atoms with van der Waals surface area (Å²) >= 11 is 0. The number of ketones is 1. The van der Waals surface area contributed by atoms with Crippen LogP contribution in [-0.4, -0.2) is 42.5 Å². The van der Waals surface area contributed by atoms with E-state index in [2.05, 4.69) is 0 Å². The van der Waals surface area contributed by atoms with Crippen molar-refractivity contribution in [2.45, 2.75) is 50.6 Å². The van der Waals surface area contributed by atoms with Gasteiger partial charge in [0.2, 0.25) is 0 Å². The van der Waals surface area contributed by atoms with Crippen molar-refractivity contribution in [1.29, 1.82) is 0 Å². The topological polar surface area (TPSA) is 82.1 Å². The van der Waals surface area contributed by atoms with Crippen molar-refractivity contribution in [2.24, 2.45) is 0 Å². The van der Waals surface area contributed by atoms with Gasteiger partial charge >= 0.3 is 5.97 Å². The summed E-state index contributed by atoms with van der Waals surface area (Å²) in [6.45, 7) is 3.99. The molecule has 132 valence electrons. The highest BCUT2D eigenvalue weighted by atomic mass is 16.8. The Morgan fingerprint density at radius 2 is 2.00 bits per heavy atom. The Labute approximate surface area is 141 Å². The van der Waals surface area contributed by atoms with Gasteiger partial charge < -0.3 is 19.3 Å². The van der Waals surface area contributed by atoms with E-state index in [0.717, 1.165) is 5.56 Å². The third-order valence-corrected chi connectivity index (χ3v) is 4.28. The molecule has 6 nitrogen and oxygen atoms in total. The van der Waals surface area contributed by atoms with Gasteiger partial charge in [0.05, 0.1) is 6.61 Å². The van der Waals surface area contributed by atoms with Gasteiger partial charge in [-0.3, -0.25) is 9.59 Å². The van der Waals surface area contributed by atoms with Crippen LogP contribution in [-0.2, 0) is 29.4 Å². The molecule has 0 spiro atoms. The highest BCUT2D eigenvalue weighted by Crippen LogP contribution is 2.41. The molecule has 2 rings (SSSR count). The highest BCUT2D eigenvalue weighted by molar-refractivity contribution is 5.94. The third kappa shape index (κ3) is 4.20. The zero-order valence-corrected chi connectivity index (χ0v) is 14.3. The van der Waals surface area contributed by atoms with Crippen LogP contribution in [0, 0.1) is 0 Å². The van der Waals surface area contributed by atoms with E-state index in [1.807, 2.05) is 44.2 Å². The van der Waals surface area contributed by atoms with E-state index in [9.17, 15) is 9.59 Å². The van der Waals surface area contributed by atoms with Gasteiger partial charge in [0.1, 0.15) is 23.9 Å². The molecule has 1 aliphatic rings. The summed E-state index contributed by atoms with van der Waals surface area (Å²) in [5.74, 6) is -2.18. The van der Waals surface area contributed by atoms with Gasteiger partial charge in [0, 0.05) is 13.5 Å². The van der Waals surface area contributed by atoms with E-state index < -0.39 is 29.9 Å². The number of carbonyl (C=O) groups is 2. The number of hydrogen-bond acceptors (Lipinski definition) is 5. The molecule has 1 heterocycles. The molecule has 1 aliphatic heterocycles. The Hall–Kier alpha value is -1.76. The standard InChI is InChI=1S/C18H24O6/c1-17(2)23-12-15(24-17)18(22-3,13-7-5-4-6-8-13)10-9-14(19)11-16(20)21/h4-8,15H,9-12H2,1-3H3,(H,20,21). The molecule has 0 aromatic heterocycles. The molecule has 2 atom stereocenters. The highest BCUT2D eigenvalue weighted by Gasteiger charge is 2.48. The van der Waals surface area contributed by atoms with Crippen molar-refractivity contribution >= 4 is 11.8 Å². The second kappa shape index (κ2) is 7.42. The SMILES string of the molecule is COC(CCC(=O)CC(=O)O)(c1ccccc1)C1COC(C)(C)O1. The predicted molar refractivity (Wildman–Crippen MR) is 86.5 cm³/mol. The van der Waals surface area contributed by atoms with Crippen LogP contribution in [0.25, 0.3) is 0 Å². The molecule has 1 aromatic carbocycles. The quantitative estimate of drug-likeness (QED) is 0.735. The lowest BCUT2D eigenvalue weighted by Gasteiger charge is -2.37. The maximum atomic E-state index is 11.9. The lowest BCUT2D eigenvalue weighted by atomic mass is 9.83. The Bertz CT molecular complexity index is 582. The van der Waals surface area contributed by atoms with Crippen LogP contribution in [0.15, 0.2) is 30.3 Å². The zero-order chi connectivity index (χ0) is 17.8. The molecule has 2 unspecified atom stereocenters.